The number of hydrogen-bond donors (Lipinski definition) is 1. The van der Waals surface area contributed by atoms with E-state index in [1.54, 1.807) is 0 Å². The Morgan fingerprint density at radius 1 is 0.758 bits per heavy atom. The van der Waals surface area contributed by atoms with Crippen LogP contribution < -0.4 is 5.32 Å². The fraction of sp³-hybridized carbons (Fsp3) is 0.0455. The predicted octanol–water partition coefficient (Wildman–Crippen LogP) is 3.80. The number of carbonyl (C=O) groups is 3. The number of carbonyl (C=O) groups excluding carboxylic acids is 3. The maximum absolute atomic E-state index is 12.3. The van der Waals surface area contributed by atoms with Crippen LogP contribution in [0.15, 0.2) is 72.8 Å². The zero-order chi connectivity index (χ0) is 24.0. The molecule has 0 unspecified atom stereocenters. The number of Topliss-reactive ketones (excluding diaryl/α,β-unsaturated/α-hetero) is 1. The van der Waals surface area contributed by atoms with Gasteiger partial charge in [0.2, 0.25) is 5.78 Å². The lowest BCUT2D eigenvalue weighted by atomic mass is 10.1. The molecule has 166 valence electrons. The lowest BCUT2D eigenvalue weighted by Gasteiger charge is -2.07. The number of amides is 1. The van der Waals surface area contributed by atoms with Crippen molar-refractivity contribution in [3.8, 4) is 0 Å². The maximum atomic E-state index is 12.3. The first-order valence-corrected chi connectivity index (χ1v) is 9.35. The predicted molar refractivity (Wildman–Crippen MR) is 115 cm³/mol. The van der Waals surface area contributed by atoms with Crippen LogP contribution in [0.1, 0.15) is 31.1 Å². The molecule has 1 N–H and O–H groups in total. The number of hydrogen-bond acceptors (Lipinski definition) is 8. The number of nitro groups is 2. The Morgan fingerprint density at radius 2 is 1.30 bits per heavy atom. The first-order chi connectivity index (χ1) is 15.7. The topological polar surface area (TPSA) is 159 Å². The van der Waals surface area contributed by atoms with Crippen molar-refractivity contribution in [2.45, 2.75) is 0 Å². The molecule has 0 spiro atoms. The molecule has 0 aliphatic carbocycles. The van der Waals surface area contributed by atoms with Crippen molar-refractivity contribution in [3.05, 3.63) is 110 Å². The third-order valence-electron chi connectivity index (χ3n) is 4.41. The number of rotatable bonds is 8. The number of nitro benzene ring substituents is 2. The average molecular weight is 449 g/mol. The molecule has 0 radical (unpaired) electrons. The van der Waals surface area contributed by atoms with Crippen LogP contribution >= 0.6 is 0 Å². The molecule has 3 rings (SSSR count). The fourth-order valence-corrected chi connectivity index (χ4v) is 2.74. The van der Waals surface area contributed by atoms with Gasteiger partial charge in [-0.05, 0) is 30.3 Å². The van der Waals surface area contributed by atoms with Gasteiger partial charge >= 0.3 is 5.97 Å². The lowest BCUT2D eigenvalue weighted by molar-refractivity contribution is -0.385. The number of ketones is 1. The first-order valence-electron chi connectivity index (χ1n) is 9.35. The van der Waals surface area contributed by atoms with Gasteiger partial charge in [-0.15, -0.1) is 0 Å². The molecule has 33 heavy (non-hydrogen) atoms. The zero-order valence-electron chi connectivity index (χ0n) is 16.8. The van der Waals surface area contributed by atoms with Crippen molar-refractivity contribution in [1.29, 1.82) is 0 Å². The average Bonchev–Trinajstić information content (AvgIpc) is 2.82. The summed E-state index contributed by atoms with van der Waals surface area (Å²) in [7, 11) is 0. The Kier molecular flexibility index (Phi) is 6.84. The van der Waals surface area contributed by atoms with Crippen LogP contribution in [0, 0.1) is 20.2 Å². The van der Waals surface area contributed by atoms with Crippen LogP contribution in [-0.2, 0) is 4.74 Å². The second-order valence-electron chi connectivity index (χ2n) is 6.65. The van der Waals surface area contributed by atoms with Crippen LogP contribution in [-0.4, -0.2) is 34.1 Å². The van der Waals surface area contributed by atoms with Crippen LogP contribution in [0.2, 0.25) is 0 Å². The van der Waals surface area contributed by atoms with E-state index in [4.69, 9.17) is 4.74 Å². The van der Waals surface area contributed by atoms with E-state index < -0.39 is 34.1 Å². The van der Waals surface area contributed by atoms with Crippen molar-refractivity contribution in [3.63, 3.8) is 0 Å². The molecule has 0 heterocycles. The highest BCUT2D eigenvalue weighted by Gasteiger charge is 2.16. The van der Waals surface area contributed by atoms with Gasteiger partial charge < -0.3 is 10.1 Å². The van der Waals surface area contributed by atoms with E-state index in [9.17, 15) is 34.6 Å². The number of anilines is 1. The SMILES string of the molecule is O=C(COC(=O)c1ccc(NC(=O)c2cccc([N+](=O)[O-])c2)cc1)c1cccc([N+](=O)[O-])c1. The lowest BCUT2D eigenvalue weighted by Crippen LogP contribution is -2.15. The van der Waals surface area contributed by atoms with Gasteiger partial charge in [-0.25, -0.2) is 4.79 Å². The van der Waals surface area contributed by atoms with Crippen molar-refractivity contribution < 1.29 is 29.0 Å². The van der Waals surface area contributed by atoms with Crippen LogP contribution in [0.5, 0.6) is 0 Å². The Hall–Kier alpha value is -4.93. The standard InChI is InChI=1S/C22H15N3O8/c26-20(15-3-1-5-18(11-15)24(29)30)13-33-22(28)14-7-9-17(10-8-14)23-21(27)16-4-2-6-19(12-16)25(31)32/h1-12H,13H2,(H,23,27). The van der Waals surface area contributed by atoms with Crippen LogP contribution in [0.25, 0.3) is 0 Å². The molecule has 11 heteroatoms. The van der Waals surface area contributed by atoms with E-state index >= 15 is 0 Å². The van der Waals surface area contributed by atoms with Crippen LogP contribution in [0.3, 0.4) is 0 Å². The van der Waals surface area contributed by atoms with Gasteiger partial charge in [0.1, 0.15) is 0 Å². The molecule has 0 aromatic heterocycles. The number of benzene rings is 3. The molecule has 0 bridgehead atoms. The number of non-ortho nitro benzene ring substituents is 2. The summed E-state index contributed by atoms with van der Waals surface area (Å²) in [4.78, 5) is 57.0. The Balaban J connectivity index is 1.59. The molecule has 0 fully saturated rings. The Morgan fingerprint density at radius 3 is 1.88 bits per heavy atom. The van der Waals surface area contributed by atoms with Gasteiger partial charge in [-0.2, -0.15) is 0 Å². The summed E-state index contributed by atoms with van der Waals surface area (Å²) in [5.74, 6) is -1.98. The van der Waals surface area contributed by atoms with Gasteiger partial charge in [-0.3, -0.25) is 29.8 Å². The maximum Gasteiger partial charge on any atom is 0.338 e. The van der Waals surface area contributed by atoms with Gasteiger partial charge in [0, 0.05) is 41.1 Å². The number of esters is 1. The van der Waals surface area contributed by atoms with Crippen molar-refractivity contribution in [1.82, 2.24) is 0 Å². The second-order valence-corrected chi connectivity index (χ2v) is 6.65. The largest absolute Gasteiger partial charge is 0.454 e. The molecule has 1 amide bonds. The third-order valence-corrected chi connectivity index (χ3v) is 4.41. The molecule has 0 atom stereocenters. The molecule has 0 aliphatic heterocycles. The van der Waals surface area contributed by atoms with Crippen molar-refractivity contribution in [2.24, 2.45) is 0 Å². The molecular formula is C22H15N3O8. The highest BCUT2D eigenvalue weighted by molar-refractivity contribution is 6.05. The smallest absolute Gasteiger partial charge is 0.338 e. The molecule has 3 aromatic carbocycles. The van der Waals surface area contributed by atoms with Gasteiger partial charge in [-0.1, -0.05) is 18.2 Å². The summed E-state index contributed by atoms with van der Waals surface area (Å²) in [6.45, 7) is -0.606. The Bertz CT molecular complexity index is 1250. The number of nitrogens with zero attached hydrogens (tertiary/aromatic N) is 2. The second kappa shape index (κ2) is 9.92. The minimum absolute atomic E-state index is 0.0382. The number of nitrogens with one attached hydrogen (secondary N) is 1. The third kappa shape index (κ3) is 5.82. The van der Waals surface area contributed by atoms with Crippen LogP contribution in [0.4, 0.5) is 17.1 Å². The first kappa shape index (κ1) is 22.7. The summed E-state index contributed by atoms with van der Waals surface area (Å²) in [5.41, 5.74) is 0.0878. The van der Waals surface area contributed by atoms with E-state index in [1.165, 1.54) is 60.7 Å². The minimum Gasteiger partial charge on any atom is -0.454 e. The highest BCUT2D eigenvalue weighted by atomic mass is 16.6. The molecule has 11 nitrogen and oxygen atoms in total. The van der Waals surface area contributed by atoms with Crippen molar-refractivity contribution >= 4 is 34.7 Å². The molecule has 3 aromatic rings. The van der Waals surface area contributed by atoms with E-state index in [0.717, 1.165) is 12.1 Å². The van der Waals surface area contributed by atoms with E-state index in [-0.39, 0.29) is 28.1 Å². The minimum atomic E-state index is -0.801. The zero-order valence-corrected chi connectivity index (χ0v) is 16.8. The fourth-order valence-electron chi connectivity index (χ4n) is 2.74. The van der Waals surface area contributed by atoms with Crippen molar-refractivity contribution in [2.75, 3.05) is 11.9 Å². The van der Waals surface area contributed by atoms with Gasteiger partial charge in [0.15, 0.2) is 6.61 Å². The number of ether oxygens (including phenoxy) is 1. The molecule has 0 saturated carbocycles. The molecular weight excluding hydrogens is 434 g/mol. The summed E-state index contributed by atoms with van der Waals surface area (Å²) >= 11 is 0. The Labute approximate surface area is 185 Å². The van der Waals surface area contributed by atoms with E-state index in [0.29, 0.717) is 5.69 Å². The summed E-state index contributed by atoms with van der Waals surface area (Å²) < 4.78 is 4.96. The van der Waals surface area contributed by atoms with E-state index in [1.807, 2.05) is 0 Å². The van der Waals surface area contributed by atoms with Gasteiger partial charge in [0.05, 0.1) is 15.4 Å². The quantitative estimate of drug-likeness (QED) is 0.235. The van der Waals surface area contributed by atoms with E-state index in [2.05, 4.69) is 5.32 Å². The molecule has 0 saturated heterocycles. The summed E-state index contributed by atoms with van der Waals surface area (Å²) in [6, 6.07) is 15.9. The molecule has 0 aliphatic rings. The highest BCUT2D eigenvalue weighted by Crippen LogP contribution is 2.17. The normalized spacial score (nSPS) is 10.2. The summed E-state index contributed by atoms with van der Waals surface area (Å²) in [5, 5.41) is 24.2. The summed E-state index contributed by atoms with van der Waals surface area (Å²) in [6.07, 6.45) is 0. The monoisotopic (exact) mass is 449 g/mol. The van der Waals surface area contributed by atoms with Gasteiger partial charge in [0.25, 0.3) is 17.3 Å².